The molecule has 21 heavy (non-hydrogen) atoms. The van der Waals surface area contributed by atoms with Gasteiger partial charge in [0.25, 0.3) is 0 Å². The molecule has 3 aliphatic rings. The fourth-order valence-electron chi connectivity index (χ4n) is 4.74. The summed E-state index contributed by atoms with van der Waals surface area (Å²) in [6, 6.07) is 1.67. The van der Waals surface area contributed by atoms with Crippen molar-refractivity contribution >= 4 is 0 Å². The van der Waals surface area contributed by atoms with Crippen molar-refractivity contribution in [2.75, 3.05) is 13.1 Å². The van der Waals surface area contributed by atoms with Crippen LogP contribution in [0.4, 0.5) is 0 Å². The molecule has 0 aromatic rings. The molecule has 122 valence electrons. The van der Waals surface area contributed by atoms with E-state index in [1.165, 1.54) is 83.6 Å². The number of nitrogens with zero attached hydrogens (tertiary/aromatic N) is 1. The zero-order valence-electron chi connectivity index (χ0n) is 13.6. The van der Waals surface area contributed by atoms with Gasteiger partial charge >= 0.3 is 0 Å². The van der Waals surface area contributed by atoms with Gasteiger partial charge in [0.1, 0.15) is 0 Å². The first-order chi connectivity index (χ1) is 10.4. The number of nitrogens with two attached hydrogens (primary N) is 1. The average molecular weight is 294 g/mol. The number of hydrogen-bond donors (Lipinski definition) is 1. The van der Waals surface area contributed by atoms with E-state index in [4.69, 9.17) is 10.5 Å². The van der Waals surface area contributed by atoms with Gasteiger partial charge < -0.3 is 10.5 Å². The Morgan fingerprint density at radius 3 is 1.71 bits per heavy atom. The smallest absolute Gasteiger partial charge is 0.0707 e. The van der Waals surface area contributed by atoms with Crippen LogP contribution in [0.25, 0.3) is 0 Å². The summed E-state index contributed by atoms with van der Waals surface area (Å²) in [4.78, 5) is 2.88. The van der Waals surface area contributed by atoms with Gasteiger partial charge in [-0.2, -0.15) is 0 Å². The van der Waals surface area contributed by atoms with Crippen molar-refractivity contribution in [3.63, 3.8) is 0 Å². The lowest BCUT2D eigenvalue weighted by molar-refractivity contribution is -0.00803. The number of hydrogen-bond acceptors (Lipinski definition) is 3. The van der Waals surface area contributed by atoms with Crippen molar-refractivity contribution in [2.24, 2.45) is 5.73 Å². The van der Waals surface area contributed by atoms with E-state index in [0.717, 1.165) is 12.1 Å². The molecule has 2 atom stereocenters. The molecule has 3 nitrogen and oxygen atoms in total. The van der Waals surface area contributed by atoms with Gasteiger partial charge in [0, 0.05) is 25.2 Å². The molecule has 0 amide bonds. The Morgan fingerprint density at radius 2 is 1.24 bits per heavy atom. The van der Waals surface area contributed by atoms with Crippen LogP contribution in [0.3, 0.4) is 0 Å². The fourth-order valence-corrected chi connectivity index (χ4v) is 4.74. The third-order valence-electron chi connectivity index (χ3n) is 5.96. The second kappa shape index (κ2) is 7.94. The minimum Gasteiger partial charge on any atom is -0.372 e. The van der Waals surface area contributed by atoms with Crippen molar-refractivity contribution in [3.8, 4) is 0 Å². The van der Waals surface area contributed by atoms with Gasteiger partial charge in [0.15, 0.2) is 0 Å². The van der Waals surface area contributed by atoms with Crippen LogP contribution in [0.2, 0.25) is 0 Å². The van der Waals surface area contributed by atoms with Crippen LogP contribution in [-0.4, -0.2) is 42.3 Å². The minimum absolute atomic E-state index is 0.328. The van der Waals surface area contributed by atoms with Gasteiger partial charge in [-0.1, -0.05) is 38.5 Å². The Balaban J connectivity index is 1.60. The van der Waals surface area contributed by atoms with Gasteiger partial charge in [0.2, 0.25) is 0 Å². The third-order valence-corrected chi connectivity index (χ3v) is 5.96. The van der Waals surface area contributed by atoms with Crippen LogP contribution in [0, 0.1) is 0 Å². The second-order valence-corrected chi connectivity index (χ2v) is 7.47. The van der Waals surface area contributed by atoms with Gasteiger partial charge in [-0.15, -0.1) is 0 Å². The molecule has 1 saturated heterocycles. The lowest BCUT2D eigenvalue weighted by atomic mass is 9.88. The maximum Gasteiger partial charge on any atom is 0.0707 e. The van der Waals surface area contributed by atoms with E-state index in [2.05, 4.69) is 4.90 Å². The third kappa shape index (κ3) is 4.20. The molecule has 0 aromatic carbocycles. The predicted octanol–water partition coefficient (Wildman–Crippen LogP) is 3.46. The Bertz CT molecular complexity index is 280. The Labute approximate surface area is 130 Å². The van der Waals surface area contributed by atoms with E-state index in [-0.39, 0.29) is 0 Å². The Kier molecular flexibility index (Phi) is 5.96. The zero-order chi connectivity index (χ0) is 14.5. The monoisotopic (exact) mass is 294 g/mol. The number of rotatable bonds is 5. The highest BCUT2D eigenvalue weighted by Gasteiger charge is 2.33. The van der Waals surface area contributed by atoms with Crippen molar-refractivity contribution in [2.45, 2.75) is 101 Å². The quantitative estimate of drug-likeness (QED) is 0.844. The summed E-state index contributed by atoms with van der Waals surface area (Å²) in [5.74, 6) is 0. The Hall–Kier alpha value is -0.120. The average Bonchev–Trinajstić information content (AvgIpc) is 3.02. The van der Waals surface area contributed by atoms with Gasteiger partial charge in [-0.05, 0) is 38.5 Å². The molecule has 1 heterocycles. The summed E-state index contributed by atoms with van der Waals surface area (Å²) in [5, 5.41) is 0. The molecular weight excluding hydrogens is 260 g/mol. The van der Waals surface area contributed by atoms with E-state index in [0.29, 0.717) is 18.8 Å². The summed E-state index contributed by atoms with van der Waals surface area (Å²) < 4.78 is 6.16. The van der Waals surface area contributed by atoms with Crippen LogP contribution in [0.1, 0.15) is 77.0 Å². The maximum atomic E-state index is 6.16. The molecule has 3 rings (SSSR count). The van der Waals surface area contributed by atoms with Gasteiger partial charge in [0.05, 0.1) is 12.2 Å². The molecule has 0 bridgehead atoms. The molecule has 2 aliphatic carbocycles. The lowest BCUT2D eigenvalue weighted by Crippen LogP contribution is -2.48. The molecular formula is C18H34N2O. The van der Waals surface area contributed by atoms with Gasteiger partial charge in [-0.25, -0.2) is 0 Å². The first kappa shape index (κ1) is 15.8. The summed E-state index contributed by atoms with van der Waals surface area (Å²) >= 11 is 0. The van der Waals surface area contributed by atoms with E-state index < -0.39 is 0 Å². The van der Waals surface area contributed by atoms with Crippen molar-refractivity contribution in [1.29, 1.82) is 0 Å². The molecule has 0 radical (unpaired) electrons. The van der Waals surface area contributed by atoms with Crippen molar-refractivity contribution in [1.82, 2.24) is 4.90 Å². The van der Waals surface area contributed by atoms with Gasteiger partial charge in [-0.3, -0.25) is 4.90 Å². The lowest BCUT2D eigenvalue weighted by Gasteiger charge is -2.42. The van der Waals surface area contributed by atoms with Crippen LogP contribution >= 0.6 is 0 Å². The van der Waals surface area contributed by atoms with Crippen LogP contribution in [-0.2, 0) is 4.74 Å². The van der Waals surface area contributed by atoms with E-state index >= 15 is 0 Å². The SMILES string of the molecule is NCC1CCC(CN(C2CCCCC2)C2CCCCC2)O1. The molecule has 2 N–H and O–H groups in total. The molecule has 3 heteroatoms. The maximum absolute atomic E-state index is 6.16. The first-order valence-corrected chi connectivity index (χ1v) is 9.48. The standard InChI is InChI=1S/C18H34N2O/c19-13-17-11-12-18(21-17)14-20(15-7-3-1-4-8-15)16-9-5-2-6-10-16/h15-18H,1-14,19H2. The fraction of sp³-hybridized carbons (Fsp3) is 1.00. The molecule has 0 aromatic heterocycles. The topological polar surface area (TPSA) is 38.5 Å². The summed E-state index contributed by atoms with van der Waals surface area (Å²) in [6.07, 6.45) is 17.5. The van der Waals surface area contributed by atoms with Crippen molar-refractivity contribution in [3.05, 3.63) is 0 Å². The molecule has 0 spiro atoms. The minimum atomic E-state index is 0.328. The molecule has 2 saturated carbocycles. The molecule has 2 unspecified atom stereocenters. The van der Waals surface area contributed by atoms with E-state index in [9.17, 15) is 0 Å². The highest BCUT2D eigenvalue weighted by Crippen LogP contribution is 2.32. The van der Waals surface area contributed by atoms with Crippen LogP contribution in [0.15, 0.2) is 0 Å². The second-order valence-electron chi connectivity index (χ2n) is 7.47. The van der Waals surface area contributed by atoms with Crippen LogP contribution < -0.4 is 5.73 Å². The normalized spacial score (nSPS) is 32.9. The summed E-state index contributed by atoms with van der Waals surface area (Å²) in [6.45, 7) is 1.87. The molecule has 1 aliphatic heterocycles. The highest BCUT2D eigenvalue weighted by atomic mass is 16.5. The van der Waals surface area contributed by atoms with E-state index in [1.54, 1.807) is 0 Å². The first-order valence-electron chi connectivity index (χ1n) is 9.48. The predicted molar refractivity (Wildman–Crippen MR) is 87.4 cm³/mol. The van der Waals surface area contributed by atoms with E-state index in [1.807, 2.05) is 0 Å². The highest BCUT2D eigenvalue weighted by molar-refractivity contribution is 4.87. The summed E-state index contributed by atoms with van der Waals surface area (Å²) in [7, 11) is 0. The van der Waals surface area contributed by atoms with Crippen molar-refractivity contribution < 1.29 is 4.74 Å². The number of ether oxygens (including phenoxy) is 1. The summed E-state index contributed by atoms with van der Waals surface area (Å²) in [5.41, 5.74) is 5.77. The molecule has 3 fully saturated rings. The van der Waals surface area contributed by atoms with Crippen LogP contribution in [0.5, 0.6) is 0 Å². The largest absolute Gasteiger partial charge is 0.372 e. The Morgan fingerprint density at radius 1 is 0.714 bits per heavy atom. The zero-order valence-corrected chi connectivity index (χ0v) is 13.6.